The van der Waals surface area contributed by atoms with Crippen molar-refractivity contribution >= 4 is 0 Å². The van der Waals surface area contributed by atoms with Gasteiger partial charge in [0.15, 0.2) is 0 Å². The van der Waals surface area contributed by atoms with E-state index >= 15 is 0 Å². The van der Waals surface area contributed by atoms with Crippen molar-refractivity contribution < 1.29 is 4.74 Å². The van der Waals surface area contributed by atoms with Crippen LogP contribution >= 0.6 is 0 Å². The number of ether oxygens (including phenoxy) is 1. The van der Waals surface area contributed by atoms with E-state index in [1.165, 1.54) is 0 Å². The molecule has 0 spiro atoms. The highest BCUT2D eigenvalue weighted by Crippen LogP contribution is 2.26. The van der Waals surface area contributed by atoms with Gasteiger partial charge in [0.25, 0.3) is 0 Å². The van der Waals surface area contributed by atoms with Crippen LogP contribution < -0.4 is 5.73 Å². The van der Waals surface area contributed by atoms with Crippen LogP contribution in [-0.2, 0) is 11.3 Å². The number of nitrogens with zero attached hydrogens (tertiary/aromatic N) is 3. The van der Waals surface area contributed by atoms with Gasteiger partial charge in [-0.1, -0.05) is 6.92 Å². The molecule has 1 aliphatic rings. The molecule has 0 amide bonds. The Morgan fingerprint density at radius 2 is 2.50 bits per heavy atom. The standard InChI is InChI=1S/C13H24N4O/c1-3-16(2)5-6-17-10-15-8-12(17)13(14)11-4-7-18-9-11/h8,10-11,13H,3-7,9,14H2,1-2H3. The van der Waals surface area contributed by atoms with Crippen LogP contribution in [0.25, 0.3) is 0 Å². The first kappa shape index (κ1) is 13.5. The fourth-order valence-corrected chi connectivity index (χ4v) is 2.31. The Hall–Kier alpha value is -0.910. The second kappa shape index (κ2) is 6.31. The highest BCUT2D eigenvalue weighted by molar-refractivity contribution is 5.07. The minimum atomic E-state index is 0.0435. The highest BCUT2D eigenvalue weighted by Gasteiger charge is 2.26. The molecule has 0 aliphatic carbocycles. The minimum Gasteiger partial charge on any atom is -0.381 e. The first-order valence-electron chi connectivity index (χ1n) is 6.74. The normalized spacial score (nSPS) is 21.7. The molecule has 1 fully saturated rings. The van der Waals surface area contributed by atoms with E-state index in [2.05, 4.69) is 28.4 Å². The number of hydrogen-bond donors (Lipinski definition) is 1. The number of hydrogen-bond acceptors (Lipinski definition) is 4. The lowest BCUT2D eigenvalue weighted by atomic mass is 9.97. The van der Waals surface area contributed by atoms with Crippen LogP contribution in [-0.4, -0.2) is 47.8 Å². The molecule has 5 nitrogen and oxygen atoms in total. The number of likely N-dealkylation sites (N-methyl/N-ethyl adjacent to an activating group) is 1. The van der Waals surface area contributed by atoms with E-state index in [9.17, 15) is 0 Å². The molecule has 2 N–H and O–H groups in total. The molecule has 0 bridgehead atoms. The quantitative estimate of drug-likeness (QED) is 0.816. The topological polar surface area (TPSA) is 56.3 Å². The Balaban J connectivity index is 1.97. The third-order valence-corrected chi connectivity index (χ3v) is 3.82. The zero-order chi connectivity index (χ0) is 13.0. The molecule has 1 aromatic rings. The van der Waals surface area contributed by atoms with Crippen molar-refractivity contribution in [1.82, 2.24) is 14.5 Å². The molecular formula is C13H24N4O. The van der Waals surface area contributed by atoms with Crippen molar-refractivity contribution in [3.8, 4) is 0 Å². The Kier molecular flexibility index (Phi) is 4.74. The molecule has 0 aromatic carbocycles. The lowest BCUT2D eigenvalue weighted by Gasteiger charge is -2.21. The Bertz CT molecular complexity index is 360. The number of aromatic nitrogens is 2. The first-order valence-corrected chi connectivity index (χ1v) is 6.74. The predicted octanol–water partition coefficient (Wildman–Crippen LogP) is 0.871. The van der Waals surface area contributed by atoms with Crippen molar-refractivity contribution in [2.24, 2.45) is 11.7 Å². The summed E-state index contributed by atoms with van der Waals surface area (Å²) in [6.07, 6.45) is 4.84. The van der Waals surface area contributed by atoms with Crippen molar-refractivity contribution in [3.63, 3.8) is 0 Å². The van der Waals surface area contributed by atoms with Crippen molar-refractivity contribution in [2.45, 2.75) is 25.9 Å². The molecule has 2 unspecified atom stereocenters. The van der Waals surface area contributed by atoms with Crippen LogP contribution in [0.15, 0.2) is 12.5 Å². The summed E-state index contributed by atoms with van der Waals surface area (Å²) in [5.74, 6) is 0.435. The molecule has 1 aliphatic heterocycles. The summed E-state index contributed by atoms with van der Waals surface area (Å²) < 4.78 is 7.59. The zero-order valence-electron chi connectivity index (χ0n) is 11.4. The van der Waals surface area contributed by atoms with Crippen LogP contribution in [0, 0.1) is 5.92 Å². The van der Waals surface area contributed by atoms with Gasteiger partial charge < -0.3 is 19.9 Å². The Morgan fingerprint density at radius 3 is 3.17 bits per heavy atom. The maximum Gasteiger partial charge on any atom is 0.0949 e. The molecule has 0 saturated carbocycles. The van der Waals surface area contributed by atoms with E-state index in [4.69, 9.17) is 10.5 Å². The van der Waals surface area contributed by atoms with Crippen LogP contribution in [0.4, 0.5) is 0 Å². The van der Waals surface area contributed by atoms with E-state index in [-0.39, 0.29) is 6.04 Å². The third kappa shape index (κ3) is 3.10. The molecule has 1 aromatic heterocycles. The lowest BCUT2D eigenvalue weighted by Crippen LogP contribution is -2.27. The highest BCUT2D eigenvalue weighted by atomic mass is 16.5. The maximum absolute atomic E-state index is 6.33. The molecule has 18 heavy (non-hydrogen) atoms. The summed E-state index contributed by atoms with van der Waals surface area (Å²) in [5, 5.41) is 0. The fourth-order valence-electron chi connectivity index (χ4n) is 2.31. The van der Waals surface area contributed by atoms with E-state index in [1.54, 1.807) is 0 Å². The largest absolute Gasteiger partial charge is 0.381 e. The van der Waals surface area contributed by atoms with Gasteiger partial charge in [-0.05, 0) is 20.0 Å². The fraction of sp³-hybridized carbons (Fsp3) is 0.769. The average molecular weight is 252 g/mol. The molecule has 0 radical (unpaired) electrons. The molecule has 5 heteroatoms. The molecule has 2 rings (SSSR count). The molecule has 2 heterocycles. The van der Waals surface area contributed by atoms with Crippen molar-refractivity contribution in [2.75, 3.05) is 33.4 Å². The van der Waals surface area contributed by atoms with Gasteiger partial charge in [-0.3, -0.25) is 0 Å². The van der Waals surface area contributed by atoms with Crippen molar-refractivity contribution in [3.05, 3.63) is 18.2 Å². The lowest BCUT2D eigenvalue weighted by molar-refractivity contribution is 0.180. The van der Waals surface area contributed by atoms with E-state index in [1.807, 2.05) is 12.5 Å². The number of nitrogens with two attached hydrogens (primary N) is 1. The summed E-state index contributed by atoms with van der Waals surface area (Å²) in [5.41, 5.74) is 7.46. The predicted molar refractivity (Wildman–Crippen MR) is 71.3 cm³/mol. The zero-order valence-corrected chi connectivity index (χ0v) is 11.4. The number of rotatable bonds is 6. The molecule has 2 atom stereocenters. The monoisotopic (exact) mass is 252 g/mol. The summed E-state index contributed by atoms with van der Waals surface area (Å²) in [6, 6.07) is 0.0435. The van der Waals surface area contributed by atoms with Gasteiger partial charge >= 0.3 is 0 Å². The van der Waals surface area contributed by atoms with Gasteiger partial charge in [0.1, 0.15) is 0 Å². The van der Waals surface area contributed by atoms with Crippen LogP contribution in [0.5, 0.6) is 0 Å². The first-order chi connectivity index (χ1) is 8.72. The molecular weight excluding hydrogens is 228 g/mol. The number of imidazole rings is 1. The summed E-state index contributed by atoms with van der Waals surface area (Å²) in [4.78, 5) is 6.53. The van der Waals surface area contributed by atoms with Gasteiger partial charge in [0, 0.05) is 31.8 Å². The SMILES string of the molecule is CCN(C)CCn1cncc1C(N)C1CCOC1. The van der Waals surface area contributed by atoms with E-state index < -0.39 is 0 Å². The van der Waals surface area contributed by atoms with E-state index in [0.29, 0.717) is 5.92 Å². The minimum absolute atomic E-state index is 0.0435. The second-order valence-corrected chi connectivity index (χ2v) is 5.06. The average Bonchev–Trinajstić information content (AvgIpc) is 3.05. The van der Waals surface area contributed by atoms with E-state index in [0.717, 1.165) is 45.0 Å². The van der Waals surface area contributed by atoms with Gasteiger partial charge in [0.05, 0.1) is 24.7 Å². The molecule has 102 valence electrons. The Labute approximate surface area is 109 Å². The second-order valence-electron chi connectivity index (χ2n) is 5.06. The van der Waals surface area contributed by atoms with Crippen LogP contribution in [0.1, 0.15) is 25.1 Å². The Morgan fingerprint density at radius 1 is 1.67 bits per heavy atom. The maximum atomic E-state index is 6.33. The summed E-state index contributed by atoms with van der Waals surface area (Å²) >= 11 is 0. The third-order valence-electron chi connectivity index (χ3n) is 3.82. The van der Waals surface area contributed by atoms with Gasteiger partial charge in [-0.25, -0.2) is 4.98 Å². The van der Waals surface area contributed by atoms with Gasteiger partial charge in [-0.15, -0.1) is 0 Å². The summed E-state index contributed by atoms with van der Waals surface area (Å²) in [6.45, 7) is 6.81. The van der Waals surface area contributed by atoms with Crippen LogP contribution in [0.3, 0.4) is 0 Å². The summed E-state index contributed by atoms with van der Waals surface area (Å²) in [7, 11) is 2.13. The smallest absolute Gasteiger partial charge is 0.0949 e. The van der Waals surface area contributed by atoms with Crippen molar-refractivity contribution in [1.29, 1.82) is 0 Å². The van der Waals surface area contributed by atoms with Crippen LogP contribution in [0.2, 0.25) is 0 Å². The van der Waals surface area contributed by atoms with Gasteiger partial charge in [0.2, 0.25) is 0 Å². The molecule has 1 saturated heterocycles. The van der Waals surface area contributed by atoms with Gasteiger partial charge in [-0.2, -0.15) is 0 Å².